The average Bonchev–Trinajstić information content (AvgIpc) is 3.22. The summed E-state index contributed by atoms with van der Waals surface area (Å²) >= 11 is 0. The summed E-state index contributed by atoms with van der Waals surface area (Å²) in [6.07, 6.45) is 21.8. The minimum atomic E-state index is 0.243. The fourth-order valence-corrected chi connectivity index (χ4v) is 4.71. The molecule has 1 aliphatic rings. The van der Waals surface area contributed by atoms with Gasteiger partial charge in [0.05, 0.1) is 0 Å². The van der Waals surface area contributed by atoms with Crippen molar-refractivity contribution in [2.24, 2.45) is 11.8 Å². The summed E-state index contributed by atoms with van der Waals surface area (Å²) in [7, 11) is 0. The summed E-state index contributed by atoms with van der Waals surface area (Å²) in [6, 6.07) is 10.1. The largest absolute Gasteiger partial charge is 0.505 e. The number of hydrogen-bond acceptors (Lipinski definition) is 2. The third kappa shape index (κ3) is 9.87. The van der Waals surface area contributed by atoms with Crippen molar-refractivity contribution in [2.75, 3.05) is 0 Å². The summed E-state index contributed by atoms with van der Waals surface area (Å²) in [6.45, 7) is 4.61. The number of aliphatic hydroxyl groups is 1. The normalized spacial score (nSPS) is 19.9. The lowest BCUT2D eigenvalue weighted by Gasteiger charge is -2.19. The molecule has 1 aliphatic carbocycles. The number of aliphatic hydroxyl groups excluding tert-OH is 1. The Morgan fingerprint density at radius 3 is 2.37 bits per heavy atom. The van der Waals surface area contributed by atoms with Gasteiger partial charge in [-0.2, -0.15) is 0 Å². The monoisotopic (exact) mass is 412 g/mol. The highest BCUT2D eigenvalue weighted by molar-refractivity contribution is 5.16. The van der Waals surface area contributed by atoms with E-state index in [1.807, 2.05) is 43.3 Å². The Hall–Kier alpha value is -1.70. The Bertz CT molecular complexity index is 617. The second-order valence-electron chi connectivity index (χ2n) is 9.06. The summed E-state index contributed by atoms with van der Waals surface area (Å²) < 4.78 is 5.69. The molecule has 2 nitrogen and oxygen atoms in total. The van der Waals surface area contributed by atoms with Crippen LogP contribution in [0, 0.1) is 11.8 Å². The highest BCUT2D eigenvalue weighted by Crippen LogP contribution is 2.38. The predicted molar refractivity (Wildman–Crippen MR) is 128 cm³/mol. The molecule has 0 aliphatic heterocycles. The van der Waals surface area contributed by atoms with E-state index in [1.165, 1.54) is 77.0 Å². The summed E-state index contributed by atoms with van der Waals surface area (Å²) in [4.78, 5) is 0. The first-order valence-electron chi connectivity index (χ1n) is 12.4. The highest BCUT2D eigenvalue weighted by Gasteiger charge is 2.25. The average molecular weight is 413 g/mol. The van der Waals surface area contributed by atoms with Crippen LogP contribution in [0.1, 0.15) is 103 Å². The fraction of sp³-hybridized carbons (Fsp3) is 0.643. The van der Waals surface area contributed by atoms with Gasteiger partial charge in [0.15, 0.2) is 5.76 Å². The van der Waals surface area contributed by atoms with E-state index in [2.05, 4.69) is 13.0 Å². The third-order valence-corrected chi connectivity index (χ3v) is 6.63. The van der Waals surface area contributed by atoms with E-state index in [0.29, 0.717) is 12.4 Å². The molecule has 1 aromatic rings. The number of benzene rings is 1. The van der Waals surface area contributed by atoms with Crippen LogP contribution in [0.2, 0.25) is 0 Å². The van der Waals surface area contributed by atoms with Crippen LogP contribution in [-0.4, -0.2) is 5.11 Å². The van der Waals surface area contributed by atoms with Gasteiger partial charge in [0.1, 0.15) is 12.4 Å². The lowest BCUT2D eigenvalue weighted by molar-refractivity contribution is 0.183. The van der Waals surface area contributed by atoms with E-state index < -0.39 is 0 Å². The number of allylic oxidation sites excluding steroid dienone is 3. The Morgan fingerprint density at radius 2 is 1.63 bits per heavy atom. The van der Waals surface area contributed by atoms with Crippen molar-refractivity contribution in [1.29, 1.82) is 0 Å². The molecule has 0 spiro atoms. The van der Waals surface area contributed by atoms with Gasteiger partial charge >= 0.3 is 0 Å². The molecule has 2 rings (SSSR count). The first kappa shape index (κ1) is 24.6. The van der Waals surface area contributed by atoms with E-state index >= 15 is 0 Å². The zero-order valence-electron chi connectivity index (χ0n) is 19.5. The van der Waals surface area contributed by atoms with Gasteiger partial charge in [-0.25, -0.2) is 0 Å². The smallest absolute Gasteiger partial charge is 0.152 e. The van der Waals surface area contributed by atoms with Crippen LogP contribution in [0.25, 0.3) is 0 Å². The molecule has 1 N–H and O–H groups in total. The van der Waals surface area contributed by atoms with E-state index in [0.717, 1.165) is 23.8 Å². The molecule has 30 heavy (non-hydrogen) atoms. The van der Waals surface area contributed by atoms with Crippen LogP contribution < -0.4 is 0 Å². The minimum Gasteiger partial charge on any atom is -0.505 e. The maximum absolute atomic E-state index is 10.2. The van der Waals surface area contributed by atoms with Crippen LogP contribution in [-0.2, 0) is 11.3 Å². The molecule has 168 valence electrons. The van der Waals surface area contributed by atoms with Crippen LogP contribution in [0.4, 0.5) is 0 Å². The molecule has 0 bridgehead atoms. The van der Waals surface area contributed by atoms with Crippen molar-refractivity contribution in [3.05, 3.63) is 59.6 Å². The minimum absolute atomic E-state index is 0.243. The van der Waals surface area contributed by atoms with E-state index in [9.17, 15) is 5.11 Å². The van der Waals surface area contributed by atoms with Crippen molar-refractivity contribution in [3.8, 4) is 0 Å². The van der Waals surface area contributed by atoms with Crippen molar-refractivity contribution in [2.45, 2.75) is 104 Å². The van der Waals surface area contributed by atoms with Crippen LogP contribution in [0.15, 0.2) is 54.0 Å². The zero-order chi connectivity index (χ0) is 21.4. The van der Waals surface area contributed by atoms with Gasteiger partial charge in [0.25, 0.3) is 0 Å². The van der Waals surface area contributed by atoms with E-state index in [-0.39, 0.29) is 5.76 Å². The van der Waals surface area contributed by atoms with Gasteiger partial charge in [0.2, 0.25) is 0 Å². The van der Waals surface area contributed by atoms with Crippen molar-refractivity contribution in [3.63, 3.8) is 0 Å². The van der Waals surface area contributed by atoms with Crippen LogP contribution in [0.3, 0.4) is 0 Å². The third-order valence-electron chi connectivity index (χ3n) is 6.63. The van der Waals surface area contributed by atoms with Crippen molar-refractivity contribution >= 4 is 0 Å². The second-order valence-corrected chi connectivity index (χ2v) is 9.06. The number of ether oxygens (including phenoxy) is 1. The Balaban J connectivity index is 1.60. The number of hydrogen-bond donors (Lipinski definition) is 1. The molecule has 2 heteroatoms. The first-order valence-corrected chi connectivity index (χ1v) is 12.4. The van der Waals surface area contributed by atoms with Crippen molar-refractivity contribution < 1.29 is 9.84 Å². The molecule has 1 fully saturated rings. The fourth-order valence-electron chi connectivity index (χ4n) is 4.71. The van der Waals surface area contributed by atoms with E-state index in [1.54, 1.807) is 0 Å². The maximum atomic E-state index is 10.2. The maximum Gasteiger partial charge on any atom is 0.152 e. The standard InChI is InChI=1S/C28H44O2/c1-3-4-5-6-7-12-18-26-20-15-21-27(26)19-13-9-14-22-28(29)24(2)30-23-25-16-10-8-11-17-25/h8,10-11,14,16-17,22,26-27,29H,3-7,9,12-13,15,18-21,23H2,1-2H3/b22-14+,28-24-/t26-,27-/m0/s1. The number of rotatable bonds is 15. The lowest BCUT2D eigenvalue weighted by Crippen LogP contribution is -2.07. The zero-order valence-corrected chi connectivity index (χ0v) is 19.5. The summed E-state index contributed by atoms with van der Waals surface area (Å²) in [5.74, 6) is 2.74. The van der Waals surface area contributed by atoms with E-state index in [4.69, 9.17) is 4.74 Å². The quantitative estimate of drug-likeness (QED) is 0.177. The molecule has 1 aromatic carbocycles. The molecular formula is C28H44O2. The molecule has 1 saturated carbocycles. The molecule has 0 heterocycles. The Morgan fingerprint density at radius 1 is 0.967 bits per heavy atom. The van der Waals surface area contributed by atoms with Gasteiger partial charge in [-0.1, -0.05) is 108 Å². The van der Waals surface area contributed by atoms with Crippen LogP contribution >= 0.6 is 0 Å². The Kier molecular flexibility index (Phi) is 12.4. The van der Waals surface area contributed by atoms with Gasteiger partial charge in [0, 0.05) is 0 Å². The first-order chi connectivity index (χ1) is 14.7. The molecule has 0 saturated heterocycles. The van der Waals surface area contributed by atoms with Gasteiger partial charge < -0.3 is 9.84 Å². The van der Waals surface area contributed by atoms with Crippen molar-refractivity contribution in [1.82, 2.24) is 0 Å². The molecule has 0 radical (unpaired) electrons. The van der Waals surface area contributed by atoms with Gasteiger partial charge in [-0.3, -0.25) is 0 Å². The summed E-state index contributed by atoms with van der Waals surface area (Å²) in [5, 5.41) is 10.2. The topological polar surface area (TPSA) is 29.5 Å². The van der Waals surface area contributed by atoms with Gasteiger partial charge in [-0.05, 0) is 49.7 Å². The molecule has 0 amide bonds. The Labute approximate surface area is 185 Å². The number of unbranched alkanes of at least 4 members (excludes halogenated alkanes) is 6. The lowest BCUT2D eigenvalue weighted by atomic mass is 9.87. The van der Waals surface area contributed by atoms with Crippen LogP contribution in [0.5, 0.6) is 0 Å². The highest BCUT2D eigenvalue weighted by atomic mass is 16.5. The van der Waals surface area contributed by atoms with Gasteiger partial charge in [-0.15, -0.1) is 0 Å². The molecular weight excluding hydrogens is 368 g/mol. The second kappa shape index (κ2) is 15.2. The summed E-state index contributed by atoms with van der Waals surface area (Å²) in [5.41, 5.74) is 1.11. The predicted octanol–water partition coefficient (Wildman–Crippen LogP) is 8.89. The molecule has 0 aromatic heterocycles. The SMILES string of the molecule is CCCCCCCC[C@H]1CCC[C@@H]1CCC/C=C/C(O)=C(\C)OCc1ccccc1. The molecule has 0 unspecified atom stereocenters. The molecule has 2 atom stereocenters.